The molecule has 0 aliphatic carbocycles. The Labute approximate surface area is 170 Å². The Kier molecular flexibility index (Phi) is 7.03. The monoisotopic (exact) mass is 414 g/mol. The topological polar surface area (TPSA) is 141 Å². The van der Waals surface area contributed by atoms with Crippen molar-refractivity contribution in [3.63, 3.8) is 0 Å². The molecular weight excluding hydrogens is 396 g/mol. The Morgan fingerprint density at radius 1 is 1.03 bits per heavy atom. The van der Waals surface area contributed by atoms with E-state index in [1.165, 1.54) is 11.3 Å². The van der Waals surface area contributed by atoms with E-state index in [0.29, 0.717) is 17.3 Å². The van der Waals surface area contributed by atoms with Gasteiger partial charge < -0.3 is 15.2 Å². The first-order valence-corrected chi connectivity index (χ1v) is 9.38. The molecule has 29 heavy (non-hydrogen) atoms. The molecule has 0 spiro atoms. The maximum Gasteiger partial charge on any atom is 0.404 e. The third kappa shape index (κ3) is 6.52. The van der Waals surface area contributed by atoms with Crippen molar-refractivity contribution in [2.45, 2.75) is 6.61 Å². The predicted molar refractivity (Wildman–Crippen MR) is 107 cm³/mol. The zero-order chi connectivity index (χ0) is 20.5. The molecule has 0 saturated heterocycles. The zero-order valence-electron chi connectivity index (χ0n) is 15.2. The summed E-state index contributed by atoms with van der Waals surface area (Å²) < 4.78 is 9.90. The van der Waals surface area contributed by atoms with Gasteiger partial charge in [-0.25, -0.2) is 19.6 Å². The van der Waals surface area contributed by atoms with Crippen molar-refractivity contribution in [2.75, 3.05) is 23.8 Å². The molecule has 3 heterocycles. The maximum absolute atomic E-state index is 12.2. The molecule has 0 unspecified atom stereocenters. The molecular formula is C18H18N6O4S. The second kappa shape index (κ2) is 10.1. The van der Waals surface area contributed by atoms with Crippen molar-refractivity contribution >= 4 is 35.1 Å². The van der Waals surface area contributed by atoms with Gasteiger partial charge in [0.1, 0.15) is 23.3 Å². The quantitative estimate of drug-likeness (QED) is 0.481. The molecule has 3 amide bonds. The normalized spacial score (nSPS) is 10.3. The number of nitrogens with one attached hydrogen (secondary N) is 2. The fourth-order valence-corrected chi connectivity index (χ4v) is 2.99. The van der Waals surface area contributed by atoms with Crippen LogP contribution in [-0.4, -0.2) is 40.3 Å². The van der Waals surface area contributed by atoms with E-state index in [-0.39, 0.29) is 19.8 Å². The highest BCUT2D eigenvalue weighted by atomic mass is 32.1. The minimum absolute atomic E-state index is 0.0603. The number of hydrogen-bond donors (Lipinski definition) is 3. The molecule has 10 nitrogen and oxygen atoms in total. The van der Waals surface area contributed by atoms with E-state index in [1.807, 2.05) is 12.1 Å². The number of thiazole rings is 1. The molecule has 0 aliphatic heterocycles. The number of hydrogen-bond acceptors (Lipinski definition) is 8. The lowest BCUT2D eigenvalue weighted by Crippen LogP contribution is -2.20. The van der Waals surface area contributed by atoms with Crippen molar-refractivity contribution in [3.05, 3.63) is 53.8 Å². The third-order valence-electron chi connectivity index (χ3n) is 3.44. The average molecular weight is 414 g/mol. The molecule has 150 valence electrons. The summed E-state index contributed by atoms with van der Waals surface area (Å²) in [4.78, 5) is 35.3. The first-order chi connectivity index (χ1) is 14.1. The Morgan fingerprint density at radius 3 is 2.62 bits per heavy atom. The molecule has 3 rings (SSSR count). The van der Waals surface area contributed by atoms with E-state index >= 15 is 0 Å². The van der Waals surface area contributed by atoms with Crippen molar-refractivity contribution < 1.29 is 19.1 Å². The van der Waals surface area contributed by atoms with Crippen LogP contribution in [0.25, 0.3) is 10.6 Å². The van der Waals surface area contributed by atoms with Gasteiger partial charge in [0.15, 0.2) is 0 Å². The van der Waals surface area contributed by atoms with Crippen LogP contribution in [-0.2, 0) is 16.1 Å². The first kappa shape index (κ1) is 20.2. The summed E-state index contributed by atoms with van der Waals surface area (Å²) in [6.45, 7) is 0.442. The fourth-order valence-electron chi connectivity index (χ4n) is 2.23. The van der Waals surface area contributed by atoms with Gasteiger partial charge >= 0.3 is 12.1 Å². The predicted octanol–water partition coefficient (Wildman–Crippen LogP) is 2.86. The number of amides is 3. The molecule has 0 fully saturated rings. The number of primary amides is 1. The SMILES string of the molecule is NC(=O)OCCOCc1cccc(NC(=O)Nc2csc(-c3ccncc3)n2)n1. The standard InChI is InChI=1S/C18H18N6O4S/c19-17(25)28-9-8-27-10-13-2-1-3-14(21-13)23-18(26)24-15-11-29-16(22-15)12-4-6-20-7-5-12/h1-7,11H,8-10H2,(H2,19,25)(H2,21,23,24,26). The number of urea groups is 1. The van der Waals surface area contributed by atoms with Crippen LogP contribution < -0.4 is 16.4 Å². The maximum atomic E-state index is 12.2. The minimum Gasteiger partial charge on any atom is -0.447 e. The number of nitrogens with zero attached hydrogens (tertiary/aromatic N) is 3. The second-order valence-electron chi connectivity index (χ2n) is 5.59. The zero-order valence-corrected chi connectivity index (χ0v) is 16.0. The van der Waals surface area contributed by atoms with Crippen LogP contribution in [0.4, 0.5) is 21.2 Å². The van der Waals surface area contributed by atoms with Gasteiger partial charge in [-0.15, -0.1) is 11.3 Å². The summed E-state index contributed by atoms with van der Waals surface area (Å²) in [5.41, 5.74) is 6.39. The number of carbonyl (C=O) groups is 2. The van der Waals surface area contributed by atoms with Crippen molar-refractivity contribution in [1.82, 2.24) is 15.0 Å². The molecule has 0 aromatic carbocycles. The number of rotatable bonds is 8. The van der Waals surface area contributed by atoms with Gasteiger partial charge in [-0.1, -0.05) is 6.07 Å². The van der Waals surface area contributed by atoms with E-state index in [9.17, 15) is 9.59 Å². The second-order valence-corrected chi connectivity index (χ2v) is 6.45. The molecule has 0 radical (unpaired) electrons. The van der Waals surface area contributed by atoms with Crippen LogP contribution in [0.2, 0.25) is 0 Å². The van der Waals surface area contributed by atoms with Gasteiger partial charge in [0, 0.05) is 23.3 Å². The van der Waals surface area contributed by atoms with Gasteiger partial charge in [-0.3, -0.25) is 15.6 Å². The van der Waals surface area contributed by atoms with Crippen LogP contribution in [0.3, 0.4) is 0 Å². The number of ether oxygens (including phenoxy) is 2. The van der Waals surface area contributed by atoms with Crippen molar-refractivity contribution in [2.24, 2.45) is 5.73 Å². The molecule has 0 bridgehead atoms. The Hall–Kier alpha value is -3.57. The average Bonchev–Trinajstić information content (AvgIpc) is 3.17. The summed E-state index contributed by atoms with van der Waals surface area (Å²) in [7, 11) is 0. The fraction of sp³-hybridized carbons (Fsp3) is 0.167. The molecule has 0 aliphatic rings. The third-order valence-corrected chi connectivity index (χ3v) is 4.33. The summed E-state index contributed by atoms with van der Waals surface area (Å²) in [5, 5.41) is 7.85. The molecule has 0 saturated carbocycles. The number of pyridine rings is 2. The molecule has 3 aromatic rings. The Morgan fingerprint density at radius 2 is 1.83 bits per heavy atom. The number of nitrogens with two attached hydrogens (primary N) is 1. The van der Waals surface area contributed by atoms with E-state index in [1.54, 1.807) is 36.0 Å². The molecule has 3 aromatic heterocycles. The van der Waals surface area contributed by atoms with Gasteiger partial charge in [-0.2, -0.15) is 0 Å². The smallest absolute Gasteiger partial charge is 0.404 e. The lowest BCUT2D eigenvalue weighted by atomic mass is 10.3. The number of aromatic nitrogens is 3. The van der Waals surface area contributed by atoms with E-state index in [0.717, 1.165) is 10.6 Å². The summed E-state index contributed by atoms with van der Waals surface area (Å²) >= 11 is 1.42. The van der Waals surface area contributed by atoms with Gasteiger partial charge in [0.25, 0.3) is 0 Å². The molecule has 4 N–H and O–H groups in total. The summed E-state index contributed by atoms with van der Waals surface area (Å²) in [5.74, 6) is 0.801. The first-order valence-electron chi connectivity index (χ1n) is 8.50. The highest BCUT2D eigenvalue weighted by Gasteiger charge is 2.09. The van der Waals surface area contributed by atoms with E-state index < -0.39 is 12.1 Å². The van der Waals surface area contributed by atoms with Crippen LogP contribution in [0.15, 0.2) is 48.1 Å². The van der Waals surface area contributed by atoms with Gasteiger partial charge in [0.2, 0.25) is 0 Å². The Bertz CT molecular complexity index is 966. The lowest BCUT2D eigenvalue weighted by molar-refractivity contribution is 0.0667. The highest BCUT2D eigenvalue weighted by Crippen LogP contribution is 2.25. The van der Waals surface area contributed by atoms with E-state index in [2.05, 4.69) is 30.3 Å². The van der Waals surface area contributed by atoms with Crippen LogP contribution >= 0.6 is 11.3 Å². The number of carbonyl (C=O) groups excluding carboxylic acids is 2. The van der Waals surface area contributed by atoms with Crippen LogP contribution in [0.1, 0.15) is 5.69 Å². The summed E-state index contributed by atoms with van der Waals surface area (Å²) in [6, 6.07) is 8.38. The van der Waals surface area contributed by atoms with Crippen molar-refractivity contribution in [1.29, 1.82) is 0 Å². The highest BCUT2D eigenvalue weighted by molar-refractivity contribution is 7.13. The van der Waals surface area contributed by atoms with E-state index in [4.69, 9.17) is 10.5 Å². The lowest BCUT2D eigenvalue weighted by Gasteiger charge is -2.08. The van der Waals surface area contributed by atoms with Gasteiger partial charge in [0.05, 0.1) is 18.9 Å². The number of anilines is 2. The largest absolute Gasteiger partial charge is 0.447 e. The van der Waals surface area contributed by atoms with Gasteiger partial charge in [-0.05, 0) is 24.3 Å². The molecule has 11 heteroatoms. The summed E-state index contributed by atoms with van der Waals surface area (Å²) in [6.07, 6.45) is 2.52. The van der Waals surface area contributed by atoms with Crippen molar-refractivity contribution in [3.8, 4) is 10.6 Å². The Balaban J connectivity index is 1.49. The van der Waals surface area contributed by atoms with Crippen LogP contribution in [0.5, 0.6) is 0 Å². The minimum atomic E-state index is -0.850. The van der Waals surface area contributed by atoms with Crippen LogP contribution in [0, 0.1) is 0 Å². The molecule has 0 atom stereocenters.